The minimum absolute atomic E-state index is 0.0810. The number of hydrogen-bond acceptors (Lipinski definition) is 2. The summed E-state index contributed by atoms with van der Waals surface area (Å²) >= 11 is 5.79. The Kier molecular flexibility index (Phi) is 3.74. The normalized spacial score (nSPS) is 22.5. The number of rotatable bonds is 2. The van der Waals surface area contributed by atoms with Gasteiger partial charge in [0, 0.05) is 12.7 Å². The second-order valence-corrected chi connectivity index (χ2v) is 4.97. The SMILES string of the molecule is C[C@H](O)[C@@H]1CCCCN1C(=O)c1cc(Cl)c[nH]1. The summed E-state index contributed by atoms with van der Waals surface area (Å²) in [6.07, 6.45) is 4.01. The quantitative estimate of drug-likeness (QED) is 0.851. The maximum Gasteiger partial charge on any atom is 0.270 e. The molecule has 0 unspecified atom stereocenters. The second-order valence-electron chi connectivity index (χ2n) is 4.53. The van der Waals surface area contributed by atoms with Crippen LogP contribution in [0, 0.1) is 0 Å². The lowest BCUT2D eigenvalue weighted by Gasteiger charge is -2.37. The lowest BCUT2D eigenvalue weighted by Crippen LogP contribution is -2.49. The van der Waals surface area contributed by atoms with Crippen LogP contribution in [0.2, 0.25) is 5.02 Å². The van der Waals surface area contributed by atoms with Crippen molar-refractivity contribution in [2.24, 2.45) is 0 Å². The van der Waals surface area contributed by atoms with Gasteiger partial charge in [0.25, 0.3) is 5.91 Å². The van der Waals surface area contributed by atoms with E-state index in [2.05, 4.69) is 4.98 Å². The van der Waals surface area contributed by atoms with Crippen molar-refractivity contribution < 1.29 is 9.90 Å². The summed E-state index contributed by atoms with van der Waals surface area (Å²) in [5.74, 6) is -0.0810. The largest absolute Gasteiger partial charge is 0.391 e. The molecule has 5 heteroatoms. The highest BCUT2D eigenvalue weighted by molar-refractivity contribution is 6.30. The Morgan fingerprint density at radius 1 is 1.65 bits per heavy atom. The van der Waals surface area contributed by atoms with E-state index >= 15 is 0 Å². The van der Waals surface area contributed by atoms with Crippen LogP contribution in [-0.2, 0) is 0 Å². The van der Waals surface area contributed by atoms with Gasteiger partial charge in [0.15, 0.2) is 0 Å². The number of carbonyl (C=O) groups excluding carboxylic acids is 1. The number of halogens is 1. The molecule has 17 heavy (non-hydrogen) atoms. The molecule has 2 rings (SSSR count). The van der Waals surface area contributed by atoms with Crippen molar-refractivity contribution >= 4 is 17.5 Å². The Hall–Kier alpha value is -1.00. The van der Waals surface area contributed by atoms with Crippen molar-refractivity contribution in [2.75, 3.05) is 6.54 Å². The molecule has 0 radical (unpaired) electrons. The van der Waals surface area contributed by atoms with E-state index in [1.807, 2.05) is 0 Å². The van der Waals surface area contributed by atoms with Crippen molar-refractivity contribution in [3.05, 3.63) is 23.0 Å². The Morgan fingerprint density at radius 3 is 3.00 bits per heavy atom. The van der Waals surface area contributed by atoms with Crippen molar-refractivity contribution in [1.29, 1.82) is 0 Å². The van der Waals surface area contributed by atoms with Gasteiger partial charge in [-0.25, -0.2) is 0 Å². The summed E-state index contributed by atoms with van der Waals surface area (Å²) in [4.78, 5) is 16.9. The van der Waals surface area contributed by atoms with Crippen LogP contribution in [0.5, 0.6) is 0 Å². The van der Waals surface area contributed by atoms with Crippen LogP contribution in [-0.4, -0.2) is 39.6 Å². The van der Waals surface area contributed by atoms with Crippen LogP contribution >= 0.6 is 11.6 Å². The average Bonchev–Trinajstić information content (AvgIpc) is 2.75. The smallest absolute Gasteiger partial charge is 0.270 e. The van der Waals surface area contributed by atoms with Crippen LogP contribution in [0.3, 0.4) is 0 Å². The topological polar surface area (TPSA) is 56.3 Å². The van der Waals surface area contributed by atoms with Gasteiger partial charge < -0.3 is 15.0 Å². The molecule has 0 aliphatic carbocycles. The fraction of sp³-hybridized carbons (Fsp3) is 0.583. The van der Waals surface area contributed by atoms with Crippen LogP contribution in [0.25, 0.3) is 0 Å². The van der Waals surface area contributed by atoms with Gasteiger partial charge in [-0.1, -0.05) is 11.6 Å². The number of aliphatic hydroxyl groups is 1. The summed E-state index contributed by atoms with van der Waals surface area (Å²) in [6, 6.07) is 1.54. The summed E-state index contributed by atoms with van der Waals surface area (Å²) in [5.41, 5.74) is 0.488. The van der Waals surface area contributed by atoms with E-state index in [4.69, 9.17) is 11.6 Å². The predicted octanol–water partition coefficient (Wildman–Crippen LogP) is 2.04. The minimum atomic E-state index is -0.496. The number of nitrogens with one attached hydrogen (secondary N) is 1. The molecule has 94 valence electrons. The van der Waals surface area contributed by atoms with Gasteiger partial charge in [-0.3, -0.25) is 4.79 Å². The summed E-state index contributed by atoms with van der Waals surface area (Å²) in [6.45, 7) is 2.43. The van der Waals surface area contributed by atoms with Crippen LogP contribution < -0.4 is 0 Å². The van der Waals surface area contributed by atoms with Crippen LogP contribution in [0.15, 0.2) is 12.3 Å². The third kappa shape index (κ3) is 2.64. The molecular formula is C12H17ClN2O2. The monoisotopic (exact) mass is 256 g/mol. The van der Waals surface area contributed by atoms with Crippen molar-refractivity contribution in [1.82, 2.24) is 9.88 Å². The van der Waals surface area contributed by atoms with Gasteiger partial charge in [-0.2, -0.15) is 0 Å². The number of carbonyl (C=O) groups is 1. The Morgan fingerprint density at radius 2 is 2.41 bits per heavy atom. The maximum atomic E-state index is 12.3. The highest BCUT2D eigenvalue weighted by Crippen LogP contribution is 2.22. The van der Waals surface area contributed by atoms with Gasteiger partial charge in [0.1, 0.15) is 5.69 Å². The van der Waals surface area contributed by atoms with Gasteiger partial charge >= 0.3 is 0 Å². The second kappa shape index (κ2) is 5.10. The Balaban J connectivity index is 2.16. The van der Waals surface area contributed by atoms with Gasteiger partial charge in [-0.05, 0) is 32.3 Å². The standard InChI is InChI=1S/C12H17ClN2O2/c1-8(16)11-4-2-3-5-15(11)12(17)10-6-9(13)7-14-10/h6-8,11,14,16H,2-5H2,1H3/t8-,11-/m0/s1. The number of nitrogens with zero attached hydrogens (tertiary/aromatic N) is 1. The fourth-order valence-corrected chi connectivity index (χ4v) is 2.52. The first-order valence-electron chi connectivity index (χ1n) is 5.92. The average molecular weight is 257 g/mol. The first-order chi connectivity index (χ1) is 8.09. The number of hydrogen-bond donors (Lipinski definition) is 2. The summed E-state index contributed by atoms with van der Waals surface area (Å²) < 4.78 is 0. The van der Waals surface area contributed by atoms with E-state index in [9.17, 15) is 9.90 Å². The highest BCUT2D eigenvalue weighted by Gasteiger charge is 2.30. The van der Waals surface area contributed by atoms with Crippen molar-refractivity contribution in [2.45, 2.75) is 38.3 Å². The summed E-state index contributed by atoms with van der Waals surface area (Å²) in [7, 11) is 0. The molecule has 1 aliphatic rings. The molecular weight excluding hydrogens is 240 g/mol. The lowest BCUT2D eigenvalue weighted by atomic mass is 9.98. The van der Waals surface area contributed by atoms with Gasteiger partial charge in [0.05, 0.1) is 17.2 Å². The molecule has 0 aromatic carbocycles. The zero-order valence-corrected chi connectivity index (χ0v) is 10.6. The number of aromatic amines is 1. The molecule has 0 spiro atoms. The van der Waals surface area contributed by atoms with E-state index < -0.39 is 6.10 Å². The van der Waals surface area contributed by atoms with Crippen molar-refractivity contribution in [3.8, 4) is 0 Å². The van der Waals surface area contributed by atoms with Crippen LogP contribution in [0.1, 0.15) is 36.7 Å². The minimum Gasteiger partial charge on any atom is -0.391 e. The van der Waals surface area contributed by atoms with E-state index in [0.717, 1.165) is 19.3 Å². The predicted molar refractivity (Wildman–Crippen MR) is 66.2 cm³/mol. The molecule has 1 aliphatic heterocycles. The molecule has 4 nitrogen and oxygen atoms in total. The van der Waals surface area contributed by atoms with E-state index in [1.165, 1.54) is 0 Å². The number of piperidine rings is 1. The lowest BCUT2D eigenvalue weighted by molar-refractivity contribution is 0.0277. The van der Waals surface area contributed by atoms with E-state index in [1.54, 1.807) is 24.1 Å². The molecule has 0 bridgehead atoms. The molecule has 1 fully saturated rings. The number of H-pyrrole nitrogens is 1. The van der Waals surface area contributed by atoms with E-state index in [0.29, 0.717) is 17.3 Å². The zero-order valence-electron chi connectivity index (χ0n) is 9.82. The molecule has 2 atom stereocenters. The number of aromatic nitrogens is 1. The molecule has 1 saturated heterocycles. The first kappa shape index (κ1) is 12.5. The molecule has 1 aromatic rings. The van der Waals surface area contributed by atoms with E-state index in [-0.39, 0.29) is 11.9 Å². The summed E-state index contributed by atoms with van der Waals surface area (Å²) in [5, 5.41) is 10.2. The van der Waals surface area contributed by atoms with Gasteiger partial charge in [-0.15, -0.1) is 0 Å². The van der Waals surface area contributed by atoms with Gasteiger partial charge in [0.2, 0.25) is 0 Å². The third-order valence-corrected chi connectivity index (χ3v) is 3.46. The first-order valence-corrected chi connectivity index (χ1v) is 6.30. The number of likely N-dealkylation sites (tertiary alicyclic amines) is 1. The maximum absolute atomic E-state index is 12.3. The zero-order chi connectivity index (χ0) is 12.4. The molecule has 2 N–H and O–H groups in total. The fourth-order valence-electron chi connectivity index (χ4n) is 2.36. The molecule has 2 heterocycles. The highest BCUT2D eigenvalue weighted by atomic mass is 35.5. The molecule has 1 amide bonds. The Bertz CT molecular complexity index is 403. The van der Waals surface area contributed by atoms with Crippen LogP contribution in [0.4, 0.5) is 0 Å². The Labute approximate surface area is 106 Å². The third-order valence-electron chi connectivity index (χ3n) is 3.25. The number of amides is 1. The van der Waals surface area contributed by atoms with Crippen molar-refractivity contribution in [3.63, 3.8) is 0 Å². The molecule has 0 saturated carbocycles. The molecule has 1 aromatic heterocycles. The number of aliphatic hydroxyl groups excluding tert-OH is 1.